The predicted octanol–water partition coefficient (Wildman–Crippen LogP) is 4.16. The van der Waals surface area contributed by atoms with E-state index >= 15 is 0 Å². The van der Waals surface area contributed by atoms with Gasteiger partial charge in [-0.2, -0.15) is 0 Å². The number of halogens is 1. The number of ether oxygens (including phenoxy) is 2. The molecule has 2 aromatic rings. The SMILES string of the molecule is COc1ccc(C(O)c2cc(C)c(Br)cc2C)cc1OC. The van der Waals surface area contributed by atoms with Crippen LogP contribution >= 0.6 is 15.9 Å². The van der Waals surface area contributed by atoms with Crippen molar-refractivity contribution in [1.82, 2.24) is 0 Å². The molecule has 0 aliphatic rings. The van der Waals surface area contributed by atoms with Crippen molar-refractivity contribution in [3.05, 3.63) is 57.1 Å². The van der Waals surface area contributed by atoms with E-state index in [2.05, 4.69) is 15.9 Å². The Hall–Kier alpha value is -1.52. The zero-order chi connectivity index (χ0) is 15.6. The van der Waals surface area contributed by atoms with Gasteiger partial charge >= 0.3 is 0 Å². The van der Waals surface area contributed by atoms with Gasteiger partial charge in [0.2, 0.25) is 0 Å². The molecule has 21 heavy (non-hydrogen) atoms. The van der Waals surface area contributed by atoms with Gasteiger partial charge in [0.25, 0.3) is 0 Å². The first-order valence-electron chi connectivity index (χ1n) is 6.64. The van der Waals surface area contributed by atoms with Crippen molar-refractivity contribution in [2.24, 2.45) is 0 Å². The van der Waals surface area contributed by atoms with Crippen LogP contribution in [0, 0.1) is 13.8 Å². The zero-order valence-electron chi connectivity index (χ0n) is 12.6. The van der Waals surface area contributed by atoms with Crippen LogP contribution in [-0.4, -0.2) is 19.3 Å². The van der Waals surface area contributed by atoms with Gasteiger partial charge in [0.1, 0.15) is 6.10 Å². The molecular formula is C17H19BrO3. The van der Waals surface area contributed by atoms with Crippen LogP contribution in [0.4, 0.5) is 0 Å². The normalized spacial score (nSPS) is 12.1. The van der Waals surface area contributed by atoms with Gasteiger partial charge in [0, 0.05) is 4.47 Å². The van der Waals surface area contributed by atoms with Gasteiger partial charge in [-0.05, 0) is 54.3 Å². The molecule has 2 rings (SSSR count). The van der Waals surface area contributed by atoms with E-state index in [9.17, 15) is 5.11 Å². The lowest BCUT2D eigenvalue weighted by atomic mass is 9.95. The summed E-state index contributed by atoms with van der Waals surface area (Å²) in [4.78, 5) is 0. The number of aliphatic hydroxyl groups is 1. The molecule has 0 amide bonds. The Morgan fingerprint density at radius 3 is 2.24 bits per heavy atom. The Bertz CT molecular complexity index is 653. The smallest absolute Gasteiger partial charge is 0.161 e. The van der Waals surface area contributed by atoms with Gasteiger partial charge in [-0.1, -0.05) is 28.1 Å². The van der Waals surface area contributed by atoms with Crippen molar-refractivity contribution in [1.29, 1.82) is 0 Å². The average Bonchev–Trinajstić information content (AvgIpc) is 2.49. The van der Waals surface area contributed by atoms with Crippen molar-refractivity contribution in [3.63, 3.8) is 0 Å². The summed E-state index contributed by atoms with van der Waals surface area (Å²) in [5, 5.41) is 10.7. The van der Waals surface area contributed by atoms with Gasteiger partial charge in [0.05, 0.1) is 14.2 Å². The molecule has 2 aromatic carbocycles. The van der Waals surface area contributed by atoms with E-state index in [0.717, 1.165) is 26.7 Å². The van der Waals surface area contributed by atoms with Crippen LogP contribution in [0.1, 0.15) is 28.4 Å². The summed E-state index contributed by atoms with van der Waals surface area (Å²) in [6, 6.07) is 9.48. The molecule has 1 unspecified atom stereocenters. The molecule has 1 atom stereocenters. The number of hydrogen-bond acceptors (Lipinski definition) is 3. The predicted molar refractivity (Wildman–Crippen MR) is 87.2 cm³/mol. The number of benzene rings is 2. The number of rotatable bonds is 4. The van der Waals surface area contributed by atoms with E-state index in [4.69, 9.17) is 9.47 Å². The van der Waals surface area contributed by atoms with E-state index in [0.29, 0.717) is 11.5 Å². The Balaban J connectivity index is 2.45. The number of hydrogen-bond donors (Lipinski definition) is 1. The molecule has 0 aliphatic heterocycles. The van der Waals surface area contributed by atoms with Gasteiger partial charge in [-0.15, -0.1) is 0 Å². The zero-order valence-corrected chi connectivity index (χ0v) is 14.2. The van der Waals surface area contributed by atoms with E-state index < -0.39 is 6.10 Å². The van der Waals surface area contributed by atoms with Crippen LogP contribution < -0.4 is 9.47 Å². The molecule has 112 valence electrons. The van der Waals surface area contributed by atoms with Gasteiger partial charge in [-0.3, -0.25) is 0 Å². The maximum absolute atomic E-state index is 10.7. The Labute approximate surface area is 133 Å². The van der Waals surface area contributed by atoms with Crippen LogP contribution in [0.2, 0.25) is 0 Å². The molecular weight excluding hydrogens is 332 g/mol. The molecule has 4 heteroatoms. The third kappa shape index (κ3) is 3.22. The molecule has 0 fully saturated rings. The minimum absolute atomic E-state index is 0.612. The molecule has 0 radical (unpaired) electrons. The summed E-state index contributed by atoms with van der Waals surface area (Å²) in [6.45, 7) is 4.00. The summed E-state index contributed by atoms with van der Waals surface area (Å²) in [7, 11) is 3.18. The van der Waals surface area contributed by atoms with E-state index in [1.54, 1.807) is 26.4 Å². The fourth-order valence-electron chi connectivity index (χ4n) is 2.30. The Kier molecular flexibility index (Phi) is 4.91. The second kappa shape index (κ2) is 6.50. The molecule has 0 aromatic heterocycles. The minimum Gasteiger partial charge on any atom is -0.493 e. The fourth-order valence-corrected chi connectivity index (χ4v) is 2.76. The van der Waals surface area contributed by atoms with Crippen molar-refractivity contribution < 1.29 is 14.6 Å². The maximum atomic E-state index is 10.7. The number of aryl methyl sites for hydroxylation is 2. The lowest BCUT2D eigenvalue weighted by Crippen LogP contribution is -2.04. The van der Waals surface area contributed by atoms with E-state index in [-0.39, 0.29) is 0 Å². The molecule has 0 heterocycles. The highest BCUT2D eigenvalue weighted by atomic mass is 79.9. The number of methoxy groups -OCH3 is 2. The monoisotopic (exact) mass is 350 g/mol. The first-order valence-corrected chi connectivity index (χ1v) is 7.44. The topological polar surface area (TPSA) is 38.7 Å². The molecule has 0 aliphatic carbocycles. The third-order valence-corrected chi connectivity index (χ3v) is 4.42. The third-order valence-electron chi connectivity index (χ3n) is 3.57. The standard InChI is InChI=1S/C17H19BrO3/c1-10-8-14(18)11(2)7-13(10)17(19)12-5-6-15(20-3)16(9-12)21-4/h5-9,17,19H,1-4H3. The van der Waals surface area contributed by atoms with Crippen LogP contribution in [0.25, 0.3) is 0 Å². The molecule has 0 saturated carbocycles. The fraction of sp³-hybridized carbons (Fsp3) is 0.294. The highest BCUT2D eigenvalue weighted by molar-refractivity contribution is 9.10. The first kappa shape index (κ1) is 15.9. The minimum atomic E-state index is -0.698. The van der Waals surface area contributed by atoms with Gasteiger partial charge in [0.15, 0.2) is 11.5 Å². The van der Waals surface area contributed by atoms with Gasteiger partial charge < -0.3 is 14.6 Å². The molecule has 0 saturated heterocycles. The van der Waals surface area contributed by atoms with Crippen LogP contribution in [0.3, 0.4) is 0 Å². The second-order valence-corrected chi connectivity index (χ2v) is 5.83. The lowest BCUT2D eigenvalue weighted by Gasteiger charge is -2.17. The summed E-state index contributed by atoms with van der Waals surface area (Å²) < 4.78 is 11.6. The van der Waals surface area contributed by atoms with Crippen LogP contribution in [0.15, 0.2) is 34.8 Å². The number of aliphatic hydroxyl groups excluding tert-OH is 1. The first-order chi connectivity index (χ1) is 9.97. The van der Waals surface area contributed by atoms with Crippen molar-refractivity contribution >= 4 is 15.9 Å². The van der Waals surface area contributed by atoms with E-state index in [1.165, 1.54) is 0 Å². The quantitative estimate of drug-likeness (QED) is 0.899. The Morgan fingerprint density at radius 1 is 0.952 bits per heavy atom. The van der Waals surface area contributed by atoms with Crippen molar-refractivity contribution in [2.45, 2.75) is 20.0 Å². The van der Waals surface area contributed by atoms with Crippen LogP contribution in [-0.2, 0) is 0 Å². The maximum Gasteiger partial charge on any atom is 0.161 e. The molecule has 1 N–H and O–H groups in total. The summed E-state index contributed by atoms with van der Waals surface area (Å²) >= 11 is 3.51. The van der Waals surface area contributed by atoms with Crippen molar-refractivity contribution in [3.8, 4) is 11.5 Å². The average molecular weight is 351 g/mol. The summed E-state index contributed by atoms with van der Waals surface area (Å²) in [5.74, 6) is 1.26. The highest BCUT2D eigenvalue weighted by Crippen LogP contribution is 2.34. The molecule has 0 spiro atoms. The Morgan fingerprint density at radius 2 is 1.62 bits per heavy atom. The highest BCUT2D eigenvalue weighted by Gasteiger charge is 2.16. The summed E-state index contributed by atoms with van der Waals surface area (Å²) in [6.07, 6.45) is -0.698. The molecule has 3 nitrogen and oxygen atoms in total. The second-order valence-electron chi connectivity index (χ2n) is 4.97. The van der Waals surface area contributed by atoms with Crippen LogP contribution in [0.5, 0.6) is 11.5 Å². The van der Waals surface area contributed by atoms with Crippen molar-refractivity contribution in [2.75, 3.05) is 14.2 Å². The molecule has 0 bridgehead atoms. The van der Waals surface area contributed by atoms with Gasteiger partial charge in [-0.25, -0.2) is 0 Å². The summed E-state index contributed by atoms with van der Waals surface area (Å²) in [5.41, 5.74) is 3.80. The van der Waals surface area contributed by atoms with E-state index in [1.807, 2.05) is 32.0 Å². The largest absolute Gasteiger partial charge is 0.493 e. The lowest BCUT2D eigenvalue weighted by molar-refractivity contribution is 0.218.